The molecule has 2 aliphatic rings. The molecule has 2 saturated heterocycles. The maximum atomic E-state index is 12.7. The first-order valence-electron chi connectivity index (χ1n) is 10.2. The molecule has 6 nitrogen and oxygen atoms in total. The molecule has 3 heterocycles. The molecule has 0 N–H and O–H groups in total. The fraction of sp³-hybridized carbons (Fsp3) is 0.455. The number of amides is 1. The van der Waals surface area contributed by atoms with Crippen LogP contribution in [0.2, 0.25) is 0 Å². The quantitative estimate of drug-likeness (QED) is 0.703. The Balaban J connectivity index is 1.27. The van der Waals surface area contributed by atoms with Crippen molar-refractivity contribution < 1.29 is 32.2 Å². The Morgan fingerprint density at radius 3 is 2.39 bits per heavy atom. The van der Waals surface area contributed by atoms with Crippen LogP contribution < -0.4 is 9.47 Å². The molecule has 9 heteroatoms. The number of alkyl halides is 3. The van der Waals surface area contributed by atoms with E-state index in [1.54, 1.807) is 29.4 Å². The molecule has 0 saturated carbocycles. The van der Waals surface area contributed by atoms with E-state index in [2.05, 4.69) is 9.72 Å². The van der Waals surface area contributed by atoms with E-state index in [1.807, 2.05) is 0 Å². The number of carbonyl (C=O) groups excluding carboxylic acids is 1. The average Bonchev–Trinajstić information content (AvgIpc) is 3.15. The van der Waals surface area contributed by atoms with Crippen molar-refractivity contribution in [2.24, 2.45) is 0 Å². The number of benzene rings is 1. The van der Waals surface area contributed by atoms with Gasteiger partial charge in [0.25, 0.3) is 5.91 Å². The highest BCUT2D eigenvalue weighted by Gasteiger charge is 2.43. The minimum atomic E-state index is -4.75. The van der Waals surface area contributed by atoms with Gasteiger partial charge in [0.05, 0.1) is 11.7 Å². The highest BCUT2D eigenvalue weighted by molar-refractivity contribution is 5.94. The molecule has 1 unspecified atom stereocenters. The van der Waals surface area contributed by atoms with Gasteiger partial charge in [0, 0.05) is 31.0 Å². The van der Waals surface area contributed by atoms with Gasteiger partial charge in [-0.15, -0.1) is 13.2 Å². The van der Waals surface area contributed by atoms with Gasteiger partial charge < -0.3 is 19.1 Å². The normalized spacial score (nSPS) is 20.6. The van der Waals surface area contributed by atoms with Crippen molar-refractivity contribution in [3.05, 3.63) is 54.4 Å². The van der Waals surface area contributed by atoms with Crippen LogP contribution in [0.15, 0.2) is 48.8 Å². The summed E-state index contributed by atoms with van der Waals surface area (Å²) in [6, 6.07) is 8.62. The van der Waals surface area contributed by atoms with E-state index < -0.39 is 6.36 Å². The maximum absolute atomic E-state index is 12.7. The zero-order valence-corrected chi connectivity index (χ0v) is 16.8. The van der Waals surface area contributed by atoms with E-state index >= 15 is 0 Å². The molecule has 2 aromatic rings. The molecule has 0 aliphatic carbocycles. The third-order valence-corrected chi connectivity index (χ3v) is 5.72. The summed E-state index contributed by atoms with van der Waals surface area (Å²) in [4.78, 5) is 18.4. The van der Waals surface area contributed by atoms with E-state index in [-0.39, 0.29) is 23.4 Å². The number of ether oxygens (including phenoxy) is 3. The minimum absolute atomic E-state index is 0.0107. The number of pyridine rings is 1. The zero-order valence-electron chi connectivity index (χ0n) is 16.8. The summed E-state index contributed by atoms with van der Waals surface area (Å²) in [6.07, 6.45) is 1.88. The largest absolute Gasteiger partial charge is 0.573 e. The van der Waals surface area contributed by atoms with Crippen LogP contribution in [-0.4, -0.2) is 53.6 Å². The van der Waals surface area contributed by atoms with Crippen LogP contribution >= 0.6 is 0 Å². The van der Waals surface area contributed by atoms with Gasteiger partial charge >= 0.3 is 6.36 Å². The summed E-state index contributed by atoms with van der Waals surface area (Å²) in [5.41, 5.74) is 0.0921. The van der Waals surface area contributed by atoms with Gasteiger partial charge in [-0.05, 0) is 62.1 Å². The molecular formula is C22H23F3N2O4. The highest BCUT2D eigenvalue weighted by Crippen LogP contribution is 2.39. The second-order valence-corrected chi connectivity index (χ2v) is 7.82. The first kappa shape index (κ1) is 21.4. The Labute approximate surface area is 177 Å². The summed E-state index contributed by atoms with van der Waals surface area (Å²) in [7, 11) is 0. The highest BCUT2D eigenvalue weighted by atomic mass is 19.4. The van der Waals surface area contributed by atoms with E-state index in [1.165, 1.54) is 12.1 Å². The first-order valence-corrected chi connectivity index (χ1v) is 10.2. The zero-order chi connectivity index (χ0) is 21.9. The van der Waals surface area contributed by atoms with Gasteiger partial charge in [-0.25, -0.2) is 0 Å². The second-order valence-electron chi connectivity index (χ2n) is 7.82. The van der Waals surface area contributed by atoms with E-state index in [9.17, 15) is 18.0 Å². The van der Waals surface area contributed by atoms with Gasteiger partial charge in [0.2, 0.25) is 0 Å². The molecule has 2 aliphatic heterocycles. The van der Waals surface area contributed by atoms with Crippen molar-refractivity contribution in [3.8, 4) is 11.5 Å². The van der Waals surface area contributed by atoms with Crippen LogP contribution in [-0.2, 0) is 4.74 Å². The molecule has 31 heavy (non-hydrogen) atoms. The lowest BCUT2D eigenvalue weighted by Gasteiger charge is -2.39. The Morgan fingerprint density at radius 2 is 1.74 bits per heavy atom. The lowest BCUT2D eigenvalue weighted by atomic mass is 9.88. The topological polar surface area (TPSA) is 60.9 Å². The SMILES string of the molecule is O=C(c1ccc(OC(F)(F)F)cc1)N1CCC2(CCC(COc3ccncc3)O2)CC1. The molecule has 1 amide bonds. The van der Waals surface area contributed by atoms with Gasteiger partial charge in [-0.1, -0.05) is 0 Å². The van der Waals surface area contributed by atoms with Gasteiger partial charge in [0.1, 0.15) is 18.1 Å². The number of piperidine rings is 1. The summed E-state index contributed by atoms with van der Waals surface area (Å²) in [5, 5.41) is 0. The first-order chi connectivity index (χ1) is 14.8. The van der Waals surface area contributed by atoms with Crippen LogP contribution in [0, 0.1) is 0 Å². The predicted octanol–water partition coefficient (Wildman–Crippen LogP) is 4.21. The monoisotopic (exact) mass is 436 g/mol. The Kier molecular flexibility index (Phi) is 6.04. The number of likely N-dealkylation sites (tertiary alicyclic amines) is 1. The van der Waals surface area contributed by atoms with Gasteiger partial charge in [-0.2, -0.15) is 0 Å². The van der Waals surface area contributed by atoms with Crippen LogP contribution in [0.4, 0.5) is 13.2 Å². The molecule has 2 fully saturated rings. The maximum Gasteiger partial charge on any atom is 0.573 e. The third-order valence-electron chi connectivity index (χ3n) is 5.72. The average molecular weight is 436 g/mol. The number of aromatic nitrogens is 1. The molecule has 1 atom stereocenters. The van der Waals surface area contributed by atoms with Crippen molar-refractivity contribution in [1.82, 2.24) is 9.88 Å². The Hall–Kier alpha value is -2.81. The molecular weight excluding hydrogens is 413 g/mol. The van der Waals surface area contributed by atoms with Crippen LogP contribution in [0.1, 0.15) is 36.0 Å². The molecule has 0 bridgehead atoms. The number of hydrogen-bond donors (Lipinski definition) is 0. The van der Waals surface area contributed by atoms with E-state index in [0.717, 1.165) is 43.6 Å². The number of nitrogens with zero attached hydrogens (tertiary/aromatic N) is 2. The number of carbonyl (C=O) groups is 1. The summed E-state index contributed by atoms with van der Waals surface area (Å²) < 4.78 is 52.8. The molecule has 4 rings (SSSR count). The summed E-state index contributed by atoms with van der Waals surface area (Å²) >= 11 is 0. The Bertz CT molecular complexity index is 882. The number of hydrogen-bond acceptors (Lipinski definition) is 5. The predicted molar refractivity (Wildman–Crippen MR) is 105 cm³/mol. The lowest BCUT2D eigenvalue weighted by Crippen LogP contribution is -2.47. The molecule has 1 aromatic carbocycles. The molecule has 166 valence electrons. The van der Waals surface area contributed by atoms with Gasteiger partial charge in [0.15, 0.2) is 0 Å². The number of rotatable bonds is 5. The number of halogens is 3. The Morgan fingerprint density at radius 1 is 1.06 bits per heavy atom. The molecule has 1 aromatic heterocycles. The van der Waals surface area contributed by atoms with E-state index in [0.29, 0.717) is 25.3 Å². The van der Waals surface area contributed by atoms with Gasteiger partial charge in [-0.3, -0.25) is 9.78 Å². The third kappa shape index (κ3) is 5.46. The van der Waals surface area contributed by atoms with Crippen molar-refractivity contribution in [2.75, 3.05) is 19.7 Å². The van der Waals surface area contributed by atoms with Crippen molar-refractivity contribution >= 4 is 5.91 Å². The summed E-state index contributed by atoms with van der Waals surface area (Å²) in [5.74, 6) is 0.205. The molecule has 1 spiro atoms. The fourth-order valence-corrected chi connectivity index (χ4v) is 4.10. The van der Waals surface area contributed by atoms with Crippen molar-refractivity contribution in [3.63, 3.8) is 0 Å². The standard InChI is InChI=1S/C22H23F3N2O4/c23-22(24,25)31-18-3-1-16(2-4-18)20(28)27-13-9-21(10-14-27)8-5-19(30-21)15-29-17-6-11-26-12-7-17/h1-4,6-7,11-12,19H,5,8-10,13-15H2. The molecule has 0 radical (unpaired) electrons. The van der Waals surface area contributed by atoms with Crippen LogP contribution in [0.5, 0.6) is 11.5 Å². The van der Waals surface area contributed by atoms with Crippen molar-refractivity contribution in [1.29, 1.82) is 0 Å². The summed E-state index contributed by atoms with van der Waals surface area (Å²) in [6.45, 7) is 1.55. The smallest absolute Gasteiger partial charge is 0.491 e. The van der Waals surface area contributed by atoms with Crippen molar-refractivity contribution in [2.45, 2.75) is 43.8 Å². The minimum Gasteiger partial charge on any atom is -0.491 e. The second kappa shape index (κ2) is 8.74. The lowest BCUT2D eigenvalue weighted by molar-refractivity contribution is -0.274. The van der Waals surface area contributed by atoms with Crippen LogP contribution in [0.3, 0.4) is 0 Å². The van der Waals surface area contributed by atoms with E-state index in [4.69, 9.17) is 9.47 Å². The van der Waals surface area contributed by atoms with Crippen LogP contribution in [0.25, 0.3) is 0 Å². The fourth-order valence-electron chi connectivity index (χ4n) is 4.10.